The Labute approximate surface area is 123 Å². The maximum absolute atomic E-state index is 12.0. The number of benzene rings is 2. The maximum Gasteiger partial charge on any atom is 0.172 e. The second-order valence-corrected chi connectivity index (χ2v) is 5.58. The summed E-state index contributed by atoms with van der Waals surface area (Å²) in [7, 11) is 0. The molecule has 0 bridgehead atoms. The number of hydrogen-bond acceptors (Lipinski definition) is 3. The second-order valence-electron chi connectivity index (χ2n) is 4.59. The molecule has 0 aliphatic heterocycles. The number of rotatable bonds is 5. The van der Waals surface area contributed by atoms with Crippen LogP contribution in [0.25, 0.3) is 0 Å². The Morgan fingerprint density at radius 1 is 1.20 bits per heavy atom. The van der Waals surface area contributed by atoms with Gasteiger partial charge in [0.1, 0.15) is 0 Å². The lowest BCUT2D eigenvalue weighted by Gasteiger charge is -2.03. The fourth-order valence-corrected chi connectivity index (χ4v) is 2.68. The molecule has 0 radical (unpaired) electrons. The number of aryl methyl sites for hydroxylation is 1. The van der Waals surface area contributed by atoms with Crippen molar-refractivity contribution in [1.29, 1.82) is 5.26 Å². The number of nitriles is 1. The van der Waals surface area contributed by atoms with Crippen molar-refractivity contribution in [1.82, 2.24) is 0 Å². The standard InChI is InChI=1S/C17H15NOS/c1-13-5-7-16(8-6-13)17(19)12-20-11-15-4-2-3-14(9-15)10-18/h2-9H,11-12H2,1H3. The third-order valence-electron chi connectivity index (χ3n) is 2.93. The predicted octanol–water partition coefficient (Wildman–Crippen LogP) is 3.98. The highest BCUT2D eigenvalue weighted by Gasteiger charge is 2.05. The summed E-state index contributed by atoms with van der Waals surface area (Å²) < 4.78 is 0. The average Bonchev–Trinajstić information content (AvgIpc) is 2.48. The van der Waals surface area contributed by atoms with E-state index in [-0.39, 0.29) is 5.78 Å². The molecule has 0 aliphatic carbocycles. The first-order valence-corrected chi connectivity index (χ1v) is 7.51. The van der Waals surface area contributed by atoms with Crippen molar-refractivity contribution in [2.75, 3.05) is 5.75 Å². The number of hydrogen-bond donors (Lipinski definition) is 0. The van der Waals surface area contributed by atoms with Crippen LogP contribution in [0.15, 0.2) is 48.5 Å². The van der Waals surface area contributed by atoms with Crippen molar-refractivity contribution >= 4 is 17.5 Å². The van der Waals surface area contributed by atoms with Gasteiger partial charge < -0.3 is 0 Å². The quantitative estimate of drug-likeness (QED) is 0.778. The van der Waals surface area contributed by atoms with Crippen molar-refractivity contribution in [3.63, 3.8) is 0 Å². The molecule has 0 spiro atoms. The second kappa shape index (κ2) is 6.93. The fourth-order valence-electron chi connectivity index (χ4n) is 1.82. The fraction of sp³-hybridized carbons (Fsp3) is 0.176. The van der Waals surface area contributed by atoms with Crippen LogP contribution in [0.3, 0.4) is 0 Å². The highest BCUT2D eigenvalue weighted by Crippen LogP contribution is 2.15. The summed E-state index contributed by atoms with van der Waals surface area (Å²) in [5.74, 6) is 1.35. The zero-order chi connectivity index (χ0) is 14.4. The molecule has 3 heteroatoms. The molecule has 0 heterocycles. The van der Waals surface area contributed by atoms with E-state index in [4.69, 9.17) is 5.26 Å². The molecule has 0 atom stereocenters. The molecule has 0 aliphatic rings. The Morgan fingerprint density at radius 3 is 2.65 bits per heavy atom. The smallest absolute Gasteiger partial charge is 0.172 e. The van der Waals surface area contributed by atoms with E-state index in [2.05, 4.69) is 6.07 Å². The summed E-state index contributed by atoms with van der Waals surface area (Å²) in [4.78, 5) is 12.0. The molecule has 0 fully saturated rings. The van der Waals surface area contributed by atoms with Crippen molar-refractivity contribution in [2.24, 2.45) is 0 Å². The Balaban J connectivity index is 1.88. The number of carbonyl (C=O) groups excluding carboxylic acids is 1. The monoisotopic (exact) mass is 281 g/mol. The van der Waals surface area contributed by atoms with Gasteiger partial charge in [-0.3, -0.25) is 4.79 Å². The lowest BCUT2D eigenvalue weighted by atomic mass is 10.1. The van der Waals surface area contributed by atoms with Gasteiger partial charge in [0.2, 0.25) is 0 Å². The van der Waals surface area contributed by atoms with E-state index < -0.39 is 0 Å². The summed E-state index contributed by atoms with van der Waals surface area (Å²) in [6.07, 6.45) is 0. The van der Waals surface area contributed by atoms with Gasteiger partial charge in [-0.2, -0.15) is 5.26 Å². The van der Waals surface area contributed by atoms with Crippen LogP contribution < -0.4 is 0 Å². The van der Waals surface area contributed by atoms with Crippen LogP contribution in [0.4, 0.5) is 0 Å². The highest BCUT2D eigenvalue weighted by molar-refractivity contribution is 7.99. The number of Topliss-reactive ketones (excluding diaryl/α,β-unsaturated/α-hetero) is 1. The lowest BCUT2D eigenvalue weighted by Crippen LogP contribution is -2.02. The minimum Gasteiger partial charge on any atom is -0.293 e. The van der Waals surface area contributed by atoms with E-state index >= 15 is 0 Å². The van der Waals surface area contributed by atoms with Gasteiger partial charge in [-0.05, 0) is 24.6 Å². The minimum atomic E-state index is 0.145. The van der Waals surface area contributed by atoms with Crippen molar-refractivity contribution in [3.8, 4) is 6.07 Å². The van der Waals surface area contributed by atoms with Crippen molar-refractivity contribution < 1.29 is 4.79 Å². The van der Waals surface area contributed by atoms with E-state index in [9.17, 15) is 4.79 Å². The molecule has 0 unspecified atom stereocenters. The molecule has 0 aromatic heterocycles. The molecule has 2 rings (SSSR count). The summed E-state index contributed by atoms with van der Waals surface area (Å²) in [5, 5.41) is 8.84. The van der Waals surface area contributed by atoms with E-state index in [1.54, 1.807) is 17.8 Å². The number of carbonyl (C=O) groups is 1. The number of thioether (sulfide) groups is 1. The molecule has 0 N–H and O–H groups in total. The third kappa shape index (κ3) is 3.97. The van der Waals surface area contributed by atoms with Gasteiger partial charge in [0.05, 0.1) is 17.4 Å². The molecule has 0 amide bonds. The maximum atomic E-state index is 12.0. The van der Waals surface area contributed by atoms with Gasteiger partial charge >= 0.3 is 0 Å². The predicted molar refractivity (Wildman–Crippen MR) is 82.8 cm³/mol. The zero-order valence-corrected chi connectivity index (χ0v) is 12.1. The lowest BCUT2D eigenvalue weighted by molar-refractivity contribution is 0.102. The molecule has 2 nitrogen and oxygen atoms in total. The molecule has 100 valence electrons. The van der Waals surface area contributed by atoms with Crippen LogP contribution in [0, 0.1) is 18.3 Å². The Hall–Kier alpha value is -2.05. The summed E-state index contributed by atoms with van der Waals surface area (Å²) in [6.45, 7) is 2.01. The van der Waals surface area contributed by atoms with E-state index in [0.717, 1.165) is 22.4 Å². The molecule has 2 aromatic carbocycles. The molecular formula is C17H15NOS. The van der Waals surface area contributed by atoms with Crippen LogP contribution in [0.1, 0.15) is 27.0 Å². The van der Waals surface area contributed by atoms with Crippen molar-refractivity contribution in [3.05, 3.63) is 70.8 Å². The molecule has 0 saturated carbocycles. The van der Waals surface area contributed by atoms with E-state index in [1.807, 2.05) is 49.4 Å². The number of nitrogens with zero attached hydrogens (tertiary/aromatic N) is 1. The Morgan fingerprint density at radius 2 is 1.95 bits per heavy atom. The molecule has 0 saturated heterocycles. The highest BCUT2D eigenvalue weighted by atomic mass is 32.2. The first kappa shape index (κ1) is 14.4. The Kier molecular flexibility index (Phi) is 4.97. The number of ketones is 1. The molecule has 2 aromatic rings. The third-order valence-corrected chi connectivity index (χ3v) is 3.94. The topological polar surface area (TPSA) is 40.9 Å². The van der Waals surface area contributed by atoms with Gasteiger partial charge in [0.25, 0.3) is 0 Å². The van der Waals surface area contributed by atoms with E-state index in [1.165, 1.54) is 0 Å². The van der Waals surface area contributed by atoms with Crippen LogP contribution in [-0.2, 0) is 5.75 Å². The summed E-state index contributed by atoms with van der Waals surface area (Å²) >= 11 is 1.57. The van der Waals surface area contributed by atoms with Crippen LogP contribution >= 0.6 is 11.8 Å². The average molecular weight is 281 g/mol. The Bertz CT molecular complexity index is 641. The van der Waals surface area contributed by atoms with Gasteiger partial charge in [0.15, 0.2) is 5.78 Å². The van der Waals surface area contributed by atoms with Crippen molar-refractivity contribution in [2.45, 2.75) is 12.7 Å². The molecule has 20 heavy (non-hydrogen) atoms. The van der Waals surface area contributed by atoms with Crippen LogP contribution in [-0.4, -0.2) is 11.5 Å². The van der Waals surface area contributed by atoms with Crippen LogP contribution in [0.2, 0.25) is 0 Å². The summed E-state index contributed by atoms with van der Waals surface area (Å²) in [5.41, 5.74) is 3.65. The zero-order valence-electron chi connectivity index (χ0n) is 11.3. The normalized spacial score (nSPS) is 10.0. The largest absolute Gasteiger partial charge is 0.293 e. The first-order valence-electron chi connectivity index (χ1n) is 6.35. The van der Waals surface area contributed by atoms with Gasteiger partial charge in [-0.1, -0.05) is 42.0 Å². The molecular weight excluding hydrogens is 266 g/mol. The van der Waals surface area contributed by atoms with Gasteiger partial charge in [-0.15, -0.1) is 11.8 Å². The SMILES string of the molecule is Cc1ccc(C(=O)CSCc2cccc(C#N)c2)cc1. The van der Waals surface area contributed by atoms with Gasteiger partial charge in [0, 0.05) is 11.3 Å². The summed E-state index contributed by atoms with van der Waals surface area (Å²) in [6, 6.07) is 17.3. The van der Waals surface area contributed by atoms with Gasteiger partial charge in [-0.25, -0.2) is 0 Å². The van der Waals surface area contributed by atoms with E-state index in [0.29, 0.717) is 11.3 Å². The first-order chi connectivity index (χ1) is 9.69. The minimum absolute atomic E-state index is 0.145. The van der Waals surface area contributed by atoms with Crippen LogP contribution in [0.5, 0.6) is 0 Å².